The molecule has 2 rings (SSSR count). The second-order valence-electron chi connectivity index (χ2n) is 6.00. The number of nitrogens with one attached hydrogen (secondary N) is 1. The van der Waals surface area contributed by atoms with Crippen LogP contribution in [0, 0.1) is 24.2 Å². The van der Waals surface area contributed by atoms with Crippen LogP contribution < -0.4 is 5.32 Å². The zero-order valence-electron chi connectivity index (χ0n) is 12.6. The Kier molecular flexibility index (Phi) is 4.52. The first-order chi connectivity index (χ1) is 9.99. The molecule has 0 bridgehead atoms. The van der Waals surface area contributed by atoms with Crippen LogP contribution in [0.2, 0.25) is 0 Å². The Morgan fingerprint density at radius 3 is 2.67 bits per heavy atom. The Hall–Kier alpha value is -2.02. The molecule has 0 aliphatic heterocycles. The lowest BCUT2D eigenvalue weighted by atomic mass is 9.76. The molecule has 4 nitrogen and oxygen atoms in total. The predicted molar refractivity (Wildman–Crippen MR) is 80.9 cm³/mol. The first-order valence-electron chi connectivity index (χ1n) is 7.53. The highest BCUT2D eigenvalue weighted by Crippen LogP contribution is 2.33. The lowest BCUT2D eigenvalue weighted by Gasteiger charge is -2.35. The van der Waals surface area contributed by atoms with Gasteiger partial charge in [0.15, 0.2) is 0 Å². The molecule has 2 N–H and O–H groups in total. The minimum atomic E-state index is -0.761. The molecule has 1 fully saturated rings. The Labute approximate surface area is 125 Å². The molecule has 0 radical (unpaired) electrons. The van der Waals surface area contributed by atoms with E-state index in [-0.39, 0.29) is 11.7 Å². The number of hydrogen-bond donors (Lipinski definition) is 2. The number of phenols is 1. The van der Waals surface area contributed by atoms with E-state index >= 15 is 0 Å². The third-order valence-corrected chi connectivity index (χ3v) is 4.57. The van der Waals surface area contributed by atoms with Crippen LogP contribution in [0.15, 0.2) is 18.2 Å². The van der Waals surface area contributed by atoms with Crippen molar-refractivity contribution in [1.29, 1.82) is 5.26 Å². The quantitative estimate of drug-likeness (QED) is 0.895. The van der Waals surface area contributed by atoms with E-state index in [9.17, 15) is 15.2 Å². The maximum Gasteiger partial charge on any atom is 0.252 e. The SMILES string of the molecule is CCC1CCC(C#N)(NC(=O)c2ccc(C)c(O)c2)CC1. The van der Waals surface area contributed by atoms with Gasteiger partial charge in [0.1, 0.15) is 11.3 Å². The van der Waals surface area contributed by atoms with Crippen molar-refractivity contribution < 1.29 is 9.90 Å². The second-order valence-corrected chi connectivity index (χ2v) is 6.00. The highest BCUT2D eigenvalue weighted by Gasteiger charge is 2.36. The molecule has 4 heteroatoms. The molecular weight excluding hydrogens is 264 g/mol. The molecule has 1 aliphatic rings. The number of rotatable bonds is 3. The van der Waals surface area contributed by atoms with Crippen molar-refractivity contribution in [2.45, 2.75) is 51.5 Å². The van der Waals surface area contributed by atoms with Gasteiger partial charge < -0.3 is 10.4 Å². The van der Waals surface area contributed by atoms with Crippen LogP contribution in [-0.4, -0.2) is 16.6 Å². The summed E-state index contributed by atoms with van der Waals surface area (Å²) in [5, 5.41) is 22.1. The molecule has 0 spiro atoms. The van der Waals surface area contributed by atoms with Gasteiger partial charge in [-0.1, -0.05) is 19.4 Å². The van der Waals surface area contributed by atoms with Crippen molar-refractivity contribution in [2.75, 3.05) is 0 Å². The van der Waals surface area contributed by atoms with Crippen LogP contribution in [-0.2, 0) is 0 Å². The molecule has 1 amide bonds. The van der Waals surface area contributed by atoms with Crippen LogP contribution in [0.4, 0.5) is 0 Å². The highest BCUT2D eigenvalue weighted by molar-refractivity contribution is 5.95. The Balaban J connectivity index is 2.10. The molecule has 21 heavy (non-hydrogen) atoms. The first kappa shape index (κ1) is 15.4. The number of carbonyl (C=O) groups excluding carboxylic acids is 1. The van der Waals surface area contributed by atoms with Crippen LogP contribution in [0.3, 0.4) is 0 Å². The summed E-state index contributed by atoms with van der Waals surface area (Å²) in [5.74, 6) is 0.469. The predicted octanol–water partition coefficient (Wildman–Crippen LogP) is 3.29. The van der Waals surface area contributed by atoms with Crippen LogP contribution in [0.1, 0.15) is 54.9 Å². The number of amides is 1. The summed E-state index contributed by atoms with van der Waals surface area (Å²) >= 11 is 0. The second kappa shape index (κ2) is 6.17. The molecule has 0 atom stereocenters. The number of nitrogens with zero attached hydrogens (tertiary/aromatic N) is 1. The summed E-state index contributed by atoms with van der Waals surface area (Å²) in [4.78, 5) is 12.3. The van der Waals surface area contributed by atoms with E-state index < -0.39 is 5.54 Å². The smallest absolute Gasteiger partial charge is 0.252 e. The monoisotopic (exact) mass is 286 g/mol. The average Bonchev–Trinajstić information content (AvgIpc) is 2.50. The van der Waals surface area contributed by atoms with E-state index in [1.165, 1.54) is 6.07 Å². The lowest BCUT2D eigenvalue weighted by Crippen LogP contribution is -2.49. The van der Waals surface area contributed by atoms with Crippen LogP contribution in [0.25, 0.3) is 0 Å². The average molecular weight is 286 g/mol. The lowest BCUT2D eigenvalue weighted by molar-refractivity contribution is 0.0891. The third kappa shape index (κ3) is 3.36. The standard InChI is InChI=1S/C17H22N2O2/c1-3-13-6-8-17(11-18,9-7-13)19-16(21)14-5-4-12(2)15(20)10-14/h4-5,10,13,20H,3,6-9H2,1-2H3,(H,19,21). The zero-order valence-corrected chi connectivity index (χ0v) is 12.6. The first-order valence-corrected chi connectivity index (χ1v) is 7.53. The van der Waals surface area contributed by atoms with Gasteiger partial charge in [-0.05, 0) is 56.2 Å². The normalized spacial score (nSPS) is 25.1. The number of carbonyl (C=O) groups is 1. The third-order valence-electron chi connectivity index (χ3n) is 4.57. The summed E-state index contributed by atoms with van der Waals surface area (Å²) < 4.78 is 0. The maximum atomic E-state index is 12.3. The van der Waals surface area contributed by atoms with Gasteiger partial charge in [-0.3, -0.25) is 4.79 Å². The van der Waals surface area contributed by atoms with E-state index in [1.807, 2.05) is 0 Å². The molecule has 112 valence electrons. The summed E-state index contributed by atoms with van der Waals surface area (Å²) in [5.41, 5.74) is 0.360. The van der Waals surface area contributed by atoms with Crippen molar-refractivity contribution in [2.24, 2.45) is 5.92 Å². The van der Waals surface area contributed by atoms with Gasteiger partial charge in [0.05, 0.1) is 6.07 Å². The number of phenolic OH excluding ortho intramolecular Hbond substituents is 1. The van der Waals surface area contributed by atoms with Gasteiger partial charge >= 0.3 is 0 Å². The van der Waals surface area contributed by atoms with Gasteiger partial charge in [-0.15, -0.1) is 0 Å². The van der Waals surface area contributed by atoms with Crippen molar-refractivity contribution in [3.63, 3.8) is 0 Å². The largest absolute Gasteiger partial charge is 0.508 e. The molecule has 0 heterocycles. The van der Waals surface area contributed by atoms with Gasteiger partial charge in [0, 0.05) is 5.56 Å². The van der Waals surface area contributed by atoms with Gasteiger partial charge in [0.25, 0.3) is 5.91 Å². The van der Waals surface area contributed by atoms with Crippen LogP contribution in [0.5, 0.6) is 5.75 Å². The molecule has 0 saturated heterocycles. The molecule has 1 aromatic rings. The van der Waals surface area contributed by atoms with Crippen molar-refractivity contribution >= 4 is 5.91 Å². The summed E-state index contributed by atoms with van der Waals surface area (Å²) in [7, 11) is 0. The van der Waals surface area contributed by atoms with E-state index in [2.05, 4.69) is 18.3 Å². The van der Waals surface area contributed by atoms with E-state index in [4.69, 9.17) is 0 Å². The summed E-state index contributed by atoms with van der Waals surface area (Å²) in [6.07, 6.45) is 4.48. The van der Waals surface area contributed by atoms with E-state index in [1.54, 1.807) is 19.1 Å². The fraction of sp³-hybridized carbons (Fsp3) is 0.529. The number of aryl methyl sites for hydroxylation is 1. The Bertz CT molecular complexity index is 567. The molecule has 1 saturated carbocycles. The Morgan fingerprint density at radius 2 is 2.14 bits per heavy atom. The minimum Gasteiger partial charge on any atom is -0.508 e. The molecule has 1 aliphatic carbocycles. The van der Waals surface area contributed by atoms with Gasteiger partial charge in [-0.25, -0.2) is 0 Å². The number of nitriles is 1. The highest BCUT2D eigenvalue weighted by atomic mass is 16.3. The molecular formula is C17H22N2O2. The summed E-state index contributed by atoms with van der Waals surface area (Å²) in [6, 6.07) is 7.13. The van der Waals surface area contributed by atoms with Crippen molar-refractivity contribution in [1.82, 2.24) is 5.32 Å². The van der Waals surface area contributed by atoms with E-state index in [0.717, 1.165) is 24.8 Å². The van der Waals surface area contributed by atoms with Gasteiger partial charge in [0.2, 0.25) is 0 Å². The fourth-order valence-electron chi connectivity index (χ4n) is 2.88. The number of benzene rings is 1. The topological polar surface area (TPSA) is 73.1 Å². The van der Waals surface area contributed by atoms with E-state index in [0.29, 0.717) is 24.3 Å². The van der Waals surface area contributed by atoms with Gasteiger partial charge in [-0.2, -0.15) is 5.26 Å². The molecule has 1 aromatic carbocycles. The van der Waals surface area contributed by atoms with Crippen molar-refractivity contribution in [3.8, 4) is 11.8 Å². The molecule has 0 unspecified atom stereocenters. The minimum absolute atomic E-state index is 0.100. The fourth-order valence-corrected chi connectivity index (χ4v) is 2.88. The maximum absolute atomic E-state index is 12.3. The van der Waals surface area contributed by atoms with Crippen molar-refractivity contribution in [3.05, 3.63) is 29.3 Å². The van der Waals surface area contributed by atoms with Crippen LogP contribution >= 0.6 is 0 Å². The molecule has 0 aromatic heterocycles. The Morgan fingerprint density at radius 1 is 1.48 bits per heavy atom. The zero-order chi connectivity index (χ0) is 15.5. The number of hydrogen-bond acceptors (Lipinski definition) is 3. The number of aromatic hydroxyl groups is 1. The summed E-state index contributed by atoms with van der Waals surface area (Å²) in [6.45, 7) is 3.94.